The van der Waals surface area contributed by atoms with Gasteiger partial charge in [-0.25, -0.2) is 0 Å². The highest BCUT2D eigenvalue weighted by molar-refractivity contribution is 6.31. The summed E-state index contributed by atoms with van der Waals surface area (Å²) >= 11 is 6.29. The third kappa shape index (κ3) is 3.95. The molecule has 1 atom stereocenters. The van der Waals surface area contributed by atoms with Gasteiger partial charge in [0.25, 0.3) is 0 Å². The molecule has 132 valence electrons. The molecule has 6 heteroatoms. The van der Waals surface area contributed by atoms with Gasteiger partial charge in [-0.15, -0.1) is 0 Å². The molecule has 0 spiro atoms. The molecule has 2 aliphatic heterocycles. The molecule has 0 saturated carbocycles. The van der Waals surface area contributed by atoms with Gasteiger partial charge in [0.1, 0.15) is 0 Å². The van der Waals surface area contributed by atoms with Crippen molar-refractivity contribution in [1.82, 2.24) is 10.2 Å². The van der Waals surface area contributed by atoms with Gasteiger partial charge in [0.15, 0.2) is 11.5 Å². The van der Waals surface area contributed by atoms with Gasteiger partial charge in [-0.2, -0.15) is 0 Å². The number of halogens is 1. The van der Waals surface area contributed by atoms with Gasteiger partial charge in [0, 0.05) is 36.6 Å². The molecular weight excluding hydrogens is 328 g/mol. The molecule has 2 heterocycles. The quantitative estimate of drug-likeness (QED) is 0.766. The zero-order valence-electron chi connectivity index (χ0n) is 14.3. The summed E-state index contributed by atoms with van der Waals surface area (Å²) in [4.78, 5) is 14.0. The summed E-state index contributed by atoms with van der Waals surface area (Å²) in [5, 5.41) is 4.11. The lowest BCUT2D eigenvalue weighted by molar-refractivity contribution is -0.129. The normalized spacial score (nSPS) is 19.6. The zero-order valence-corrected chi connectivity index (χ0v) is 15.1. The number of likely N-dealkylation sites (tertiary alicyclic amines) is 1. The fraction of sp³-hybridized carbons (Fsp3) is 0.611. The summed E-state index contributed by atoms with van der Waals surface area (Å²) in [7, 11) is 0. The minimum Gasteiger partial charge on any atom is -0.454 e. The molecule has 1 aromatic carbocycles. The molecule has 24 heavy (non-hydrogen) atoms. The van der Waals surface area contributed by atoms with Crippen molar-refractivity contribution in [3.63, 3.8) is 0 Å². The van der Waals surface area contributed by atoms with Gasteiger partial charge in [-0.1, -0.05) is 25.4 Å². The van der Waals surface area contributed by atoms with Gasteiger partial charge in [-0.05, 0) is 36.9 Å². The number of carbonyl (C=O) groups excluding carboxylic acids is 1. The topological polar surface area (TPSA) is 50.8 Å². The first-order chi connectivity index (χ1) is 11.5. The molecule has 0 unspecified atom stereocenters. The lowest BCUT2D eigenvalue weighted by Gasteiger charge is -2.26. The van der Waals surface area contributed by atoms with Crippen molar-refractivity contribution in [3.8, 4) is 11.5 Å². The summed E-state index contributed by atoms with van der Waals surface area (Å²) in [6.45, 7) is 6.96. The third-order valence-corrected chi connectivity index (χ3v) is 4.88. The van der Waals surface area contributed by atoms with Crippen LogP contribution in [0.1, 0.15) is 38.7 Å². The number of ether oxygens (including phenoxy) is 2. The predicted molar refractivity (Wildman–Crippen MR) is 93.5 cm³/mol. The Bertz CT molecular complexity index is 606. The lowest BCUT2D eigenvalue weighted by Crippen LogP contribution is -2.37. The number of fused-ring (bicyclic) bond motifs is 1. The molecule has 2 aliphatic rings. The van der Waals surface area contributed by atoms with Crippen LogP contribution < -0.4 is 14.8 Å². The van der Waals surface area contributed by atoms with E-state index >= 15 is 0 Å². The first-order valence-electron chi connectivity index (χ1n) is 8.63. The van der Waals surface area contributed by atoms with E-state index in [-0.39, 0.29) is 6.79 Å². The van der Waals surface area contributed by atoms with Crippen LogP contribution in [0.4, 0.5) is 0 Å². The van der Waals surface area contributed by atoms with E-state index < -0.39 is 0 Å². The number of nitrogens with zero attached hydrogens (tertiary/aromatic N) is 1. The van der Waals surface area contributed by atoms with Crippen LogP contribution in [0.2, 0.25) is 5.02 Å². The maximum atomic E-state index is 12.0. The average Bonchev–Trinajstić information content (AvgIpc) is 3.11. The summed E-state index contributed by atoms with van der Waals surface area (Å²) < 4.78 is 10.7. The average molecular weight is 353 g/mol. The third-order valence-electron chi connectivity index (χ3n) is 4.53. The van der Waals surface area contributed by atoms with Crippen LogP contribution >= 0.6 is 11.6 Å². The zero-order chi connectivity index (χ0) is 17.1. The van der Waals surface area contributed by atoms with Crippen molar-refractivity contribution in [2.75, 3.05) is 19.9 Å². The number of rotatable bonds is 7. The standard InChI is InChI=1S/C18H25ClN2O3/c1-12(2)10-21-14(3-4-18(21)22)5-6-20-9-13-7-16-17(8-15(13)19)24-11-23-16/h7-8,12,14,20H,3-6,9-11H2,1-2H3/t14-/m0/s1. The van der Waals surface area contributed by atoms with E-state index in [1.54, 1.807) is 6.07 Å². The maximum Gasteiger partial charge on any atom is 0.231 e. The van der Waals surface area contributed by atoms with Crippen molar-refractivity contribution in [3.05, 3.63) is 22.7 Å². The van der Waals surface area contributed by atoms with Crippen LogP contribution in [0.5, 0.6) is 11.5 Å². The fourth-order valence-electron chi connectivity index (χ4n) is 3.32. The molecule has 1 fully saturated rings. The number of hydrogen-bond donors (Lipinski definition) is 1. The van der Waals surface area contributed by atoms with Crippen molar-refractivity contribution < 1.29 is 14.3 Å². The minimum absolute atomic E-state index is 0.254. The predicted octanol–water partition coefficient (Wildman–Crippen LogP) is 3.20. The van der Waals surface area contributed by atoms with E-state index in [0.717, 1.165) is 37.2 Å². The Morgan fingerprint density at radius 3 is 2.83 bits per heavy atom. The summed E-state index contributed by atoms with van der Waals surface area (Å²) in [5.74, 6) is 2.26. The van der Waals surface area contributed by atoms with Crippen LogP contribution in [-0.2, 0) is 11.3 Å². The molecule has 3 rings (SSSR count). The Morgan fingerprint density at radius 2 is 2.08 bits per heavy atom. The van der Waals surface area contributed by atoms with Gasteiger partial charge in [0.05, 0.1) is 0 Å². The molecule has 0 radical (unpaired) electrons. The highest BCUT2D eigenvalue weighted by Crippen LogP contribution is 2.36. The molecule has 1 amide bonds. The Balaban J connectivity index is 1.48. The van der Waals surface area contributed by atoms with Crippen molar-refractivity contribution in [1.29, 1.82) is 0 Å². The summed E-state index contributed by atoms with van der Waals surface area (Å²) in [5.41, 5.74) is 1.00. The van der Waals surface area contributed by atoms with Gasteiger partial charge < -0.3 is 19.7 Å². The lowest BCUT2D eigenvalue weighted by atomic mass is 10.1. The highest BCUT2D eigenvalue weighted by atomic mass is 35.5. The van der Waals surface area contributed by atoms with Crippen molar-refractivity contribution in [2.45, 2.75) is 45.7 Å². The van der Waals surface area contributed by atoms with E-state index in [9.17, 15) is 4.79 Å². The number of amides is 1. The molecule has 0 aliphatic carbocycles. The summed E-state index contributed by atoms with van der Waals surface area (Å²) in [6.07, 6.45) is 2.63. The number of benzene rings is 1. The first kappa shape index (κ1) is 17.4. The van der Waals surface area contributed by atoms with E-state index in [4.69, 9.17) is 21.1 Å². The summed E-state index contributed by atoms with van der Waals surface area (Å²) in [6, 6.07) is 4.10. The maximum absolute atomic E-state index is 12.0. The van der Waals surface area contributed by atoms with Gasteiger partial charge in [0.2, 0.25) is 12.7 Å². The Hall–Kier alpha value is -1.46. The van der Waals surface area contributed by atoms with Crippen molar-refractivity contribution >= 4 is 17.5 Å². The van der Waals surface area contributed by atoms with Crippen LogP contribution in [0.25, 0.3) is 0 Å². The Kier molecular flexibility index (Phi) is 5.51. The van der Waals surface area contributed by atoms with E-state index in [2.05, 4.69) is 24.1 Å². The van der Waals surface area contributed by atoms with E-state index in [1.807, 2.05) is 6.07 Å². The number of carbonyl (C=O) groups is 1. The fourth-order valence-corrected chi connectivity index (χ4v) is 3.54. The van der Waals surface area contributed by atoms with Gasteiger partial charge in [-0.3, -0.25) is 4.79 Å². The van der Waals surface area contributed by atoms with Crippen LogP contribution in [0.15, 0.2) is 12.1 Å². The molecule has 5 nitrogen and oxygen atoms in total. The molecule has 1 N–H and O–H groups in total. The monoisotopic (exact) mass is 352 g/mol. The number of hydrogen-bond acceptors (Lipinski definition) is 4. The van der Waals surface area contributed by atoms with Crippen LogP contribution in [-0.4, -0.2) is 36.7 Å². The number of nitrogens with one attached hydrogen (secondary N) is 1. The van der Waals surface area contributed by atoms with Crippen molar-refractivity contribution in [2.24, 2.45) is 5.92 Å². The Morgan fingerprint density at radius 1 is 1.33 bits per heavy atom. The highest BCUT2D eigenvalue weighted by Gasteiger charge is 2.30. The van der Waals surface area contributed by atoms with Crippen LogP contribution in [0, 0.1) is 5.92 Å². The minimum atomic E-state index is 0.254. The van der Waals surface area contributed by atoms with Crippen LogP contribution in [0.3, 0.4) is 0 Å². The Labute approximate surface area is 148 Å². The molecule has 1 saturated heterocycles. The van der Waals surface area contributed by atoms with Gasteiger partial charge >= 0.3 is 0 Å². The van der Waals surface area contributed by atoms with E-state index in [0.29, 0.717) is 41.6 Å². The molecule has 0 bridgehead atoms. The molecular formula is C18H25ClN2O3. The smallest absolute Gasteiger partial charge is 0.231 e. The first-order valence-corrected chi connectivity index (χ1v) is 9.00. The van der Waals surface area contributed by atoms with E-state index in [1.165, 1.54) is 0 Å². The second-order valence-electron chi connectivity index (χ2n) is 6.89. The largest absolute Gasteiger partial charge is 0.454 e. The second kappa shape index (κ2) is 7.62. The SMILES string of the molecule is CC(C)CN1C(=O)CC[C@H]1CCNCc1cc2c(cc1Cl)OCO2. The molecule has 1 aromatic rings. The molecule has 0 aromatic heterocycles. The second-order valence-corrected chi connectivity index (χ2v) is 7.30.